The first-order valence-electron chi connectivity index (χ1n) is 26.1. The molecule has 3 N–H and O–H groups in total. The number of amides is 1. The third-order valence-corrected chi connectivity index (χ3v) is 16.6. The molecule has 5 rings (SSSR count). The minimum atomic E-state index is -1.80. The van der Waals surface area contributed by atoms with Gasteiger partial charge in [-0.15, -0.1) is 0 Å². The first-order chi connectivity index (χ1) is 33.2. The summed E-state index contributed by atoms with van der Waals surface area (Å²) in [6, 6.07) is -0.350. The SMILES string of the molecule is CC[C@H]1OC(=O)[C@H](C)[C@@H](O[C@H]2C[C@@](C)(OC)[C@@](O)(CN(C)CCN(CC)CC)[C@H](C)O2)[C@H](C)[C@@H](O[C@@H]2O[C@H](C)C[C@H](N(C)C)[C@H]2O)[C@@](C)(O)C[C@@H](C)/C(=N\OCN2CCCC2=O)[C@H](C)[C@H]2OC(=O)O[C@@]21C. The summed E-state index contributed by atoms with van der Waals surface area (Å²) in [5.41, 5.74) is -5.62. The largest absolute Gasteiger partial charge is 0.509 e. The van der Waals surface area contributed by atoms with E-state index in [9.17, 15) is 29.7 Å². The minimum absolute atomic E-state index is 0.0266. The van der Waals surface area contributed by atoms with Crippen molar-refractivity contribution in [2.45, 2.75) is 205 Å². The second kappa shape index (κ2) is 24.3. The lowest BCUT2D eigenvalue weighted by molar-refractivity contribution is -0.339. The first-order valence-corrected chi connectivity index (χ1v) is 26.1. The molecule has 0 aliphatic carbocycles. The van der Waals surface area contributed by atoms with Crippen molar-refractivity contribution >= 4 is 23.7 Å². The average molecular weight is 1010 g/mol. The second-order valence-electron chi connectivity index (χ2n) is 22.1. The minimum Gasteiger partial charge on any atom is -0.458 e. The third-order valence-electron chi connectivity index (χ3n) is 16.6. The lowest BCUT2D eigenvalue weighted by atomic mass is 9.73. The molecule has 71 heavy (non-hydrogen) atoms. The molecule has 5 aliphatic rings. The van der Waals surface area contributed by atoms with Crippen LogP contribution in [0.5, 0.6) is 0 Å². The van der Waals surface area contributed by atoms with E-state index in [4.69, 9.17) is 42.7 Å². The van der Waals surface area contributed by atoms with E-state index in [1.165, 1.54) is 0 Å². The maximum atomic E-state index is 14.9. The Kier molecular flexibility index (Phi) is 20.2. The van der Waals surface area contributed by atoms with Gasteiger partial charge >= 0.3 is 12.1 Å². The predicted octanol–water partition coefficient (Wildman–Crippen LogP) is 4.00. The van der Waals surface area contributed by atoms with Gasteiger partial charge in [0.05, 0.1) is 41.6 Å². The van der Waals surface area contributed by atoms with Crippen LogP contribution in [-0.2, 0) is 52.3 Å². The molecule has 0 aromatic carbocycles. The van der Waals surface area contributed by atoms with Crippen LogP contribution in [0.2, 0.25) is 0 Å². The number of rotatable bonds is 17. The van der Waals surface area contributed by atoms with Crippen molar-refractivity contribution < 1.29 is 72.4 Å². The molecule has 1 amide bonds. The van der Waals surface area contributed by atoms with E-state index in [0.29, 0.717) is 38.1 Å². The van der Waals surface area contributed by atoms with Gasteiger partial charge in [-0.25, -0.2) is 4.79 Å². The number of hydrogen-bond donors (Lipinski definition) is 3. The number of likely N-dealkylation sites (tertiary alicyclic amines) is 1. The molecule has 0 bridgehead atoms. The molecule has 5 saturated heterocycles. The predicted molar refractivity (Wildman–Crippen MR) is 263 cm³/mol. The number of esters is 1. The second-order valence-corrected chi connectivity index (χ2v) is 22.1. The summed E-state index contributed by atoms with van der Waals surface area (Å²) in [5, 5.41) is 42.2. The van der Waals surface area contributed by atoms with Gasteiger partial charge < -0.3 is 77.7 Å². The molecular formula is C51H91N5O15. The number of ether oxygens (including phenoxy) is 8. The molecule has 0 aromatic rings. The summed E-state index contributed by atoms with van der Waals surface area (Å²) in [4.78, 5) is 54.5. The molecule has 0 aromatic heterocycles. The van der Waals surface area contributed by atoms with Crippen molar-refractivity contribution in [1.29, 1.82) is 0 Å². The van der Waals surface area contributed by atoms with Crippen LogP contribution >= 0.6 is 0 Å². The number of aliphatic hydroxyl groups is 3. The molecule has 410 valence electrons. The molecule has 0 unspecified atom stereocenters. The van der Waals surface area contributed by atoms with Gasteiger partial charge in [-0.3, -0.25) is 9.59 Å². The Morgan fingerprint density at radius 3 is 2.15 bits per heavy atom. The lowest BCUT2D eigenvalue weighted by Crippen LogP contribution is -2.70. The van der Waals surface area contributed by atoms with Crippen molar-refractivity contribution in [1.82, 2.24) is 19.6 Å². The van der Waals surface area contributed by atoms with Crippen LogP contribution < -0.4 is 0 Å². The summed E-state index contributed by atoms with van der Waals surface area (Å²) in [5.74, 6) is -4.04. The highest BCUT2D eigenvalue weighted by atomic mass is 16.8. The highest BCUT2D eigenvalue weighted by molar-refractivity contribution is 5.89. The quantitative estimate of drug-likeness (QED) is 0.139. The van der Waals surface area contributed by atoms with Gasteiger partial charge in [0.1, 0.15) is 23.4 Å². The van der Waals surface area contributed by atoms with E-state index in [1.807, 2.05) is 67.6 Å². The Hall–Kier alpha value is -2.76. The molecule has 18 atom stereocenters. The standard InChI is InChI=1S/C51H91N5O15/c1-17-37-50(12)44(70-47(60)71-50)32(6)40(52-64-29-56-22-20-21-38(56)57)30(4)26-48(10,61)43(69-46-41(58)36(53(13)14)25-31(5)65-46)33(7)42(34(8)45(59)67-37)68-39-27-49(11,63-16)51(62,35(9)66-39)28-54(15)23-24-55(18-2)19-3/h30-37,39,41-44,46,58,61-62H,17-29H2,1-16H3/b52-40+/t30-,31-,32+,33+,34-,35+,36+,37-,39+,41-,42+,43-,44-,46+,48+,49-,50-,51-/m1/s1. The van der Waals surface area contributed by atoms with Gasteiger partial charge in [-0.2, -0.15) is 0 Å². The van der Waals surface area contributed by atoms with Crippen LogP contribution in [0.15, 0.2) is 5.16 Å². The highest BCUT2D eigenvalue weighted by Gasteiger charge is 2.61. The topological polar surface area (TPSA) is 220 Å². The van der Waals surface area contributed by atoms with Crippen LogP contribution in [-0.4, -0.2) is 217 Å². The fraction of sp³-hybridized carbons (Fsp3) is 0.922. The number of likely N-dealkylation sites (N-methyl/N-ethyl adjacent to an activating group) is 3. The Morgan fingerprint density at radius 1 is 0.887 bits per heavy atom. The number of cyclic esters (lactones) is 1. The van der Waals surface area contributed by atoms with E-state index >= 15 is 0 Å². The fourth-order valence-corrected chi connectivity index (χ4v) is 11.9. The average Bonchev–Trinajstić information content (AvgIpc) is 3.86. The Bertz CT molecular complexity index is 1810. The molecule has 20 nitrogen and oxygen atoms in total. The van der Waals surface area contributed by atoms with Crippen molar-refractivity contribution in [2.24, 2.45) is 28.8 Å². The van der Waals surface area contributed by atoms with Gasteiger partial charge in [0.2, 0.25) is 5.91 Å². The summed E-state index contributed by atoms with van der Waals surface area (Å²) in [7, 11) is 7.25. The molecule has 5 fully saturated rings. The van der Waals surface area contributed by atoms with E-state index in [0.717, 1.165) is 19.6 Å². The van der Waals surface area contributed by atoms with Gasteiger partial charge in [0.25, 0.3) is 0 Å². The van der Waals surface area contributed by atoms with Crippen LogP contribution in [0.4, 0.5) is 4.79 Å². The third kappa shape index (κ3) is 13.0. The normalized spacial score (nSPS) is 42.6. The monoisotopic (exact) mass is 1010 g/mol. The molecule has 0 saturated carbocycles. The maximum absolute atomic E-state index is 14.9. The Labute approximate surface area is 423 Å². The van der Waals surface area contributed by atoms with Crippen LogP contribution in [0.3, 0.4) is 0 Å². The fourth-order valence-electron chi connectivity index (χ4n) is 11.9. The highest BCUT2D eigenvalue weighted by Crippen LogP contribution is 2.45. The van der Waals surface area contributed by atoms with Crippen molar-refractivity contribution in [3.05, 3.63) is 0 Å². The zero-order valence-electron chi connectivity index (χ0n) is 45.8. The summed E-state index contributed by atoms with van der Waals surface area (Å²) < 4.78 is 51.4. The van der Waals surface area contributed by atoms with Crippen molar-refractivity contribution in [3.8, 4) is 0 Å². The summed E-state index contributed by atoms with van der Waals surface area (Å²) in [6.45, 7) is 26.0. The summed E-state index contributed by atoms with van der Waals surface area (Å²) in [6.07, 6.45) is -8.02. The number of carbonyl (C=O) groups is 3. The molecule has 0 spiro atoms. The van der Waals surface area contributed by atoms with Gasteiger partial charge in [0, 0.05) is 69.9 Å². The molecular weight excluding hydrogens is 923 g/mol. The number of oxime groups is 1. The number of carbonyl (C=O) groups excluding carboxylic acids is 3. The van der Waals surface area contributed by atoms with Crippen molar-refractivity contribution in [2.75, 3.05) is 74.3 Å². The van der Waals surface area contributed by atoms with Gasteiger partial charge in [0.15, 0.2) is 31.0 Å². The lowest BCUT2D eigenvalue weighted by Gasteiger charge is -2.54. The molecule has 0 radical (unpaired) electrons. The van der Waals surface area contributed by atoms with Crippen LogP contribution in [0.1, 0.15) is 122 Å². The van der Waals surface area contributed by atoms with E-state index in [1.54, 1.807) is 39.7 Å². The number of aliphatic hydroxyl groups excluding tert-OH is 1. The summed E-state index contributed by atoms with van der Waals surface area (Å²) >= 11 is 0. The van der Waals surface area contributed by atoms with Crippen LogP contribution in [0.25, 0.3) is 0 Å². The zero-order chi connectivity index (χ0) is 53.0. The number of fused-ring (bicyclic) bond motifs is 1. The molecule has 5 heterocycles. The zero-order valence-corrected chi connectivity index (χ0v) is 45.8. The van der Waals surface area contributed by atoms with Gasteiger partial charge in [-0.1, -0.05) is 46.7 Å². The Balaban J connectivity index is 1.60. The smallest absolute Gasteiger partial charge is 0.458 e. The first kappa shape index (κ1) is 59.1. The van der Waals surface area contributed by atoms with E-state index in [2.05, 4.69) is 28.8 Å². The van der Waals surface area contributed by atoms with Gasteiger partial charge in [-0.05, 0) is 101 Å². The molecule has 5 aliphatic heterocycles. The molecule has 20 heteroatoms. The van der Waals surface area contributed by atoms with E-state index in [-0.39, 0.29) is 50.6 Å². The number of methoxy groups -OCH3 is 1. The van der Waals surface area contributed by atoms with E-state index < -0.39 is 107 Å². The number of hydrogen-bond acceptors (Lipinski definition) is 19. The maximum Gasteiger partial charge on any atom is 0.509 e. The number of nitrogens with zero attached hydrogens (tertiary/aromatic N) is 5. The van der Waals surface area contributed by atoms with Crippen LogP contribution in [0, 0.1) is 23.7 Å². The Morgan fingerprint density at radius 2 is 1.56 bits per heavy atom. The van der Waals surface area contributed by atoms with Crippen molar-refractivity contribution in [3.63, 3.8) is 0 Å².